The molecule has 0 aliphatic carbocycles. The highest BCUT2D eigenvalue weighted by molar-refractivity contribution is 6.36. The smallest absolute Gasteiger partial charge is 0.254 e. The third kappa shape index (κ3) is 2.87. The Kier molecular flexibility index (Phi) is 4.40. The summed E-state index contributed by atoms with van der Waals surface area (Å²) in [6, 6.07) is 8.86. The highest BCUT2D eigenvalue weighted by Crippen LogP contribution is 2.37. The quantitative estimate of drug-likeness (QED) is 0.649. The average Bonchev–Trinajstić information content (AvgIpc) is 3.07. The Morgan fingerprint density at radius 1 is 1.19 bits per heavy atom. The van der Waals surface area contributed by atoms with Gasteiger partial charge in [0.15, 0.2) is 6.29 Å². The molecule has 2 heterocycles. The van der Waals surface area contributed by atoms with Crippen molar-refractivity contribution in [2.75, 3.05) is 6.54 Å². The molecule has 1 aliphatic heterocycles. The lowest BCUT2D eigenvalue weighted by Gasteiger charge is -2.30. The van der Waals surface area contributed by atoms with Crippen molar-refractivity contribution in [3.05, 3.63) is 68.9 Å². The lowest BCUT2D eigenvalue weighted by Crippen LogP contribution is -2.36. The first kappa shape index (κ1) is 17.4. The van der Waals surface area contributed by atoms with Gasteiger partial charge in [0.05, 0.1) is 16.3 Å². The topological polar surface area (TPSA) is 73.9 Å². The number of aliphatic hydroxyl groups excluding tert-OH is 1. The number of halogens is 2. The zero-order valence-electron chi connectivity index (χ0n) is 13.6. The maximum Gasteiger partial charge on any atom is 0.254 e. The number of rotatable bonds is 2. The molecule has 3 aromatic rings. The van der Waals surface area contributed by atoms with Gasteiger partial charge in [0.1, 0.15) is 5.58 Å². The molecule has 5 nitrogen and oxygen atoms in total. The Morgan fingerprint density at radius 2 is 2.00 bits per heavy atom. The van der Waals surface area contributed by atoms with Gasteiger partial charge in [-0.25, -0.2) is 0 Å². The van der Waals surface area contributed by atoms with Crippen LogP contribution in [-0.4, -0.2) is 27.6 Å². The van der Waals surface area contributed by atoms with E-state index in [9.17, 15) is 15.0 Å². The fourth-order valence-electron chi connectivity index (χ4n) is 3.35. The van der Waals surface area contributed by atoms with Gasteiger partial charge in [-0.05, 0) is 41.8 Å². The van der Waals surface area contributed by atoms with E-state index < -0.39 is 6.29 Å². The van der Waals surface area contributed by atoms with Crippen LogP contribution in [0, 0.1) is 0 Å². The summed E-state index contributed by atoms with van der Waals surface area (Å²) in [5, 5.41) is 20.3. The molecule has 2 aromatic carbocycles. The molecule has 134 valence electrons. The summed E-state index contributed by atoms with van der Waals surface area (Å²) in [5.41, 5.74) is 2.93. The standard InChI is InChI=1S/C19H15Cl2NO4/c20-14-7-12-9-22(5-3-13(12)17(21)16(14)19(24)25)18(23)11-2-1-10-4-6-26-15(10)8-11/h1-2,4,6-8,19,24-25H,3,5,9H2. The molecule has 1 amide bonds. The van der Waals surface area contributed by atoms with Gasteiger partial charge >= 0.3 is 0 Å². The molecular formula is C19H15Cl2NO4. The number of hydrogen-bond donors (Lipinski definition) is 2. The van der Waals surface area contributed by atoms with E-state index in [1.165, 1.54) is 0 Å². The molecule has 0 radical (unpaired) electrons. The van der Waals surface area contributed by atoms with Crippen molar-refractivity contribution in [3.63, 3.8) is 0 Å². The third-order valence-corrected chi connectivity index (χ3v) is 5.43. The number of aliphatic hydroxyl groups is 2. The van der Waals surface area contributed by atoms with E-state index in [4.69, 9.17) is 27.6 Å². The van der Waals surface area contributed by atoms with Crippen molar-refractivity contribution < 1.29 is 19.4 Å². The van der Waals surface area contributed by atoms with Gasteiger partial charge in [-0.1, -0.05) is 29.3 Å². The first-order chi connectivity index (χ1) is 12.5. The van der Waals surface area contributed by atoms with Crippen LogP contribution in [0.3, 0.4) is 0 Å². The van der Waals surface area contributed by atoms with Crippen LogP contribution in [0.15, 0.2) is 41.0 Å². The normalized spacial score (nSPS) is 14.1. The number of amides is 1. The number of benzene rings is 2. The Balaban J connectivity index is 1.64. The van der Waals surface area contributed by atoms with Gasteiger partial charge in [-0.3, -0.25) is 4.79 Å². The molecule has 1 aromatic heterocycles. The Morgan fingerprint density at radius 3 is 2.77 bits per heavy atom. The summed E-state index contributed by atoms with van der Waals surface area (Å²) >= 11 is 12.4. The van der Waals surface area contributed by atoms with Crippen LogP contribution < -0.4 is 0 Å². The molecule has 0 spiro atoms. The molecule has 0 saturated heterocycles. The summed E-state index contributed by atoms with van der Waals surface area (Å²) in [4.78, 5) is 14.6. The van der Waals surface area contributed by atoms with Crippen molar-refractivity contribution in [3.8, 4) is 0 Å². The van der Waals surface area contributed by atoms with Crippen molar-refractivity contribution in [1.29, 1.82) is 0 Å². The molecule has 0 saturated carbocycles. The third-order valence-electron chi connectivity index (χ3n) is 4.69. The van der Waals surface area contributed by atoms with E-state index >= 15 is 0 Å². The van der Waals surface area contributed by atoms with E-state index in [0.717, 1.165) is 16.5 Å². The van der Waals surface area contributed by atoms with Crippen molar-refractivity contribution in [2.45, 2.75) is 19.3 Å². The summed E-state index contributed by atoms with van der Waals surface area (Å²) in [5.74, 6) is -0.104. The summed E-state index contributed by atoms with van der Waals surface area (Å²) < 4.78 is 5.37. The number of furan rings is 1. The summed E-state index contributed by atoms with van der Waals surface area (Å²) in [6.45, 7) is 0.829. The summed E-state index contributed by atoms with van der Waals surface area (Å²) in [7, 11) is 0. The van der Waals surface area contributed by atoms with E-state index in [1.54, 1.807) is 29.4 Å². The number of hydrogen-bond acceptors (Lipinski definition) is 4. The number of carbonyl (C=O) groups is 1. The van der Waals surface area contributed by atoms with Crippen LogP contribution in [0.5, 0.6) is 0 Å². The predicted octanol–water partition coefficient (Wildman–Crippen LogP) is 3.92. The van der Waals surface area contributed by atoms with E-state index in [1.807, 2.05) is 12.1 Å². The fourth-order valence-corrected chi connectivity index (χ4v) is 4.14. The number of fused-ring (bicyclic) bond motifs is 2. The fraction of sp³-hybridized carbons (Fsp3) is 0.211. The van der Waals surface area contributed by atoms with Crippen LogP contribution in [0.2, 0.25) is 10.0 Å². The van der Waals surface area contributed by atoms with Gasteiger partial charge in [0, 0.05) is 29.6 Å². The lowest BCUT2D eigenvalue weighted by atomic mass is 9.96. The predicted molar refractivity (Wildman–Crippen MR) is 98.3 cm³/mol. The summed E-state index contributed by atoms with van der Waals surface area (Å²) in [6.07, 6.45) is 0.368. The Hall–Kier alpha value is -2.05. The second-order valence-electron chi connectivity index (χ2n) is 6.25. The second-order valence-corrected chi connectivity index (χ2v) is 7.03. The van der Waals surface area contributed by atoms with Gasteiger partial charge in [0.2, 0.25) is 0 Å². The first-order valence-electron chi connectivity index (χ1n) is 8.08. The molecule has 26 heavy (non-hydrogen) atoms. The van der Waals surface area contributed by atoms with Crippen molar-refractivity contribution in [1.82, 2.24) is 4.90 Å². The lowest BCUT2D eigenvalue weighted by molar-refractivity contribution is -0.0424. The second kappa shape index (κ2) is 6.59. The van der Waals surface area contributed by atoms with Crippen LogP contribution in [0.1, 0.15) is 33.3 Å². The highest BCUT2D eigenvalue weighted by atomic mass is 35.5. The van der Waals surface area contributed by atoms with E-state index in [-0.39, 0.29) is 21.5 Å². The zero-order chi connectivity index (χ0) is 18.4. The van der Waals surface area contributed by atoms with Gasteiger partial charge in [0.25, 0.3) is 5.91 Å². The molecule has 0 unspecified atom stereocenters. The van der Waals surface area contributed by atoms with Crippen LogP contribution >= 0.6 is 23.2 Å². The molecule has 0 atom stereocenters. The van der Waals surface area contributed by atoms with E-state index in [0.29, 0.717) is 30.7 Å². The molecular weight excluding hydrogens is 377 g/mol. The largest absolute Gasteiger partial charge is 0.464 e. The number of nitrogens with zero attached hydrogens (tertiary/aromatic N) is 1. The van der Waals surface area contributed by atoms with Crippen molar-refractivity contribution in [2.24, 2.45) is 0 Å². The van der Waals surface area contributed by atoms with Gasteiger partial charge < -0.3 is 19.5 Å². The van der Waals surface area contributed by atoms with Gasteiger partial charge in [-0.15, -0.1) is 0 Å². The van der Waals surface area contributed by atoms with Crippen molar-refractivity contribution >= 4 is 40.1 Å². The zero-order valence-corrected chi connectivity index (χ0v) is 15.1. The van der Waals surface area contributed by atoms with Crippen LogP contribution in [0.4, 0.5) is 0 Å². The molecule has 7 heteroatoms. The monoisotopic (exact) mass is 391 g/mol. The molecule has 4 rings (SSSR count). The highest BCUT2D eigenvalue weighted by Gasteiger charge is 2.27. The molecule has 1 aliphatic rings. The van der Waals surface area contributed by atoms with E-state index in [2.05, 4.69) is 0 Å². The maximum absolute atomic E-state index is 12.9. The maximum atomic E-state index is 12.9. The van der Waals surface area contributed by atoms with Gasteiger partial charge in [-0.2, -0.15) is 0 Å². The Labute approximate surface area is 159 Å². The Bertz CT molecular complexity index is 1010. The molecule has 2 N–H and O–H groups in total. The number of carbonyl (C=O) groups excluding carboxylic acids is 1. The average molecular weight is 392 g/mol. The minimum atomic E-state index is -1.74. The SMILES string of the molecule is O=C(c1ccc2ccoc2c1)N1CCc2c(cc(Cl)c(C(O)O)c2Cl)C1. The molecule has 0 fully saturated rings. The molecule has 0 bridgehead atoms. The van der Waals surface area contributed by atoms with Crippen LogP contribution in [-0.2, 0) is 13.0 Å². The van der Waals surface area contributed by atoms with Crippen LogP contribution in [0.25, 0.3) is 11.0 Å². The minimum absolute atomic E-state index is 0.104. The first-order valence-corrected chi connectivity index (χ1v) is 8.83. The minimum Gasteiger partial charge on any atom is -0.464 e.